The summed E-state index contributed by atoms with van der Waals surface area (Å²) in [4.78, 5) is 27.4. The van der Waals surface area contributed by atoms with Crippen molar-refractivity contribution in [3.63, 3.8) is 0 Å². The van der Waals surface area contributed by atoms with Crippen LogP contribution in [0.4, 0.5) is 5.69 Å². The van der Waals surface area contributed by atoms with E-state index < -0.39 is 0 Å². The first-order valence-corrected chi connectivity index (χ1v) is 17.2. The molecular weight excluding hydrogens is 608 g/mol. The first kappa shape index (κ1) is 33.4. The Hall–Kier alpha value is -5.49. The summed E-state index contributed by atoms with van der Waals surface area (Å²) in [5.41, 5.74) is 11.3. The maximum absolute atomic E-state index is 12.6. The Morgan fingerprint density at radius 2 is 1.55 bits per heavy atom. The van der Waals surface area contributed by atoms with E-state index in [0.29, 0.717) is 24.3 Å². The van der Waals surface area contributed by atoms with Crippen LogP contribution in [0.15, 0.2) is 121 Å². The van der Waals surface area contributed by atoms with Crippen LogP contribution >= 0.6 is 0 Å². The van der Waals surface area contributed by atoms with Gasteiger partial charge in [-0.05, 0) is 110 Å². The maximum Gasteiger partial charge on any atom is 0.338 e. The molecule has 1 aliphatic carbocycles. The van der Waals surface area contributed by atoms with E-state index in [1.165, 1.54) is 22.3 Å². The maximum atomic E-state index is 12.6. The second-order valence-corrected chi connectivity index (χ2v) is 12.0. The van der Waals surface area contributed by atoms with Gasteiger partial charge in [0.2, 0.25) is 5.52 Å². The quantitative estimate of drug-likeness (QED) is 0.126. The Labute approximate surface area is 289 Å². The van der Waals surface area contributed by atoms with Crippen molar-refractivity contribution in [2.75, 3.05) is 24.7 Å². The van der Waals surface area contributed by atoms with E-state index >= 15 is 0 Å². The van der Waals surface area contributed by atoms with Crippen molar-refractivity contribution in [2.24, 2.45) is 0 Å². The summed E-state index contributed by atoms with van der Waals surface area (Å²) >= 11 is 0. The molecule has 248 valence electrons. The molecule has 0 atom stereocenters. The Morgan fingerprint density at radius 3 is 2.27 bits per heavy atom. The topological polar surface area (TPSA) is 59.7 Å². The molecule has 2 aliphatic rings. The van der Waals surface area contributed by atoms with Gasteiger partial charge < -0.3 is 14.4 Å². The van der Waals surface area contributed by atoms with E-state index in [4.69, 9.17) is 9.47 Å². The number of hydrogen-bond donors (Lipinski definition) is 0. The van der Waals surface area contributed by atoms with Crippen molar-refractivity contribution in [3.05, 3.63) is 148 Å². The van der Waals surface area contributed by atoms with Gasteiger partial charge in [-0.3, -0.25) is 0 Å². The zero-order valence-electron chi connectivity index (χ0n) is 28.7. The smallest absolute Gasteiger partial charge is 0.338 e. The van der Waals surface area contributed by atoms with Gasteiger partial charge in [0, 0.05) is 36.1 Å². The molecule has 0 bridgehead atoms. The van der Waals surface area contributed by atoms with Crippen LogP contribution in [-0.2, 0) is 16.0 Å². The van der Waals surface area contributed by atoms with E-state index in [9.17, 15) is 9.59 Å². The third-order valence-electron chi connectivity index (χ3n) is 9.10. The van der Waals surface area contributed by atoms with Gasteiger partial charge in [-0.2, -0.15) is 4.57 Å². The first-order valence-electron chi connectivity index (χ1n) is 17.2. The number of aryl methyl sites for hydroxylation is 1. The normalized spacial score (nSPS) is 15.9. The van der Waals surface area contributed by atoms with E-state index in [-0.39, 0.29) is 11.9 Å². The summed E-state index contributed by atoms with van der Waals surface area (Å²) in [5.74, 6) is -0.620. The van der Waals surface area contributed by atoms with E-state index in [0.717, 1.165) is 59.2 Å². The number of allylic oxidation sites excluding steroid dienone is 8. The molecule has 0 N–H and O–H groups in total. The Bertz CT molecular complexity index is 2050. The number of nitrogens with zero attached hydrogens (tertiary/aromatic N) is 2. The lowest BCUT2D eigenvalue weighted by Crippen LogP contribution is -2.32. The summed E-state index contributed by atoms with van der Waals surface area (Å²) in [6.45, 7) is 10.2. The molecule has 0 radical (unpaired) electrons. The van der Waals surface area contributed by atoms with Gasteiger partial charge in [-0.15, -0.1) is 0 Å². The summed E-state index contributed by atoms with van der Waals surface area (Å²) in [7, 11) is 0. The molecule has 0 spiro atoms. The fraction of sp³-hybridized carbons (Fsp3) is 0.233. The monoisotopic (exact) mass is 651 g/mol. The molecular formula is C43H43N2O4+. The number of anilines is 1. The molecule has 6 heteroatoms. The van der Waals surface area contributed by atoms with E-state index in [1.54, 1.807) is 0 Å². The van der Waals surface area contributed by atoms with Crippen molar-refractivity contribution in [1.82, 2.24) is 0 Å². The van der Waals surface area contributed by atoms with E-state index in [2.05, 4.69) is 96.4 Å². The highest BCUT2D eigenvalue weighted by molar-refractivity contribution is 5.97. The minimum absolute atomic E-state index is 0.310. The second-order valence-electron chi connectivity index (χ2n) is 12.0. The van der Waals surface area contributed by atoms with Crippen LogP contribution in [0.25, 0.3) is 28.1 Å². The van der Waals surface area contributed by atoms with Crippen LogP contribution in [-0.4, -0.2) is 31.7 Å². The summed E-state index contributed by atoms with van der Waals surface area (Å²) in [5, 5.41) is 1.01. The molecule has 0 amide bonds. The number of benzene rings is 3. The third-order valence-corrected chi connectivity index (χ3v) is 9.10. The van der Waals surface area contributed by atoms with Gasteiger partial charge in [0.15, 0.2) is 6.20 Å². The predicted octanol–water partition coefficient (Wildman–Crippen LogP) is 9.13. The third kappa shape index (κ3) is 7.05. The van der Waals surface area contributed by atoms with Crippen LogP contribution in [0.5, 0.6) is 0 Å². The summed E-state index contributed by atoms with van der Waals surface area (Å²) in [6, 6.07) is 24.3. The highest BCUT2D eigenvalue weighted by Gasteiger charge is 2.22. The molecule has 4 aromatic rings. The number of carbonyl (C=O) groups is 2. The molecule has 6 nitrogen and oxygen atoms in total. The minimum Gasteiger partial charge on any atom is -0.462 e. The van der Waals surface area contributed by atoms with Crippen molar-refractivity contribution < 1.29 is 23.6 Å². The van der Waals surface area contributed by atoms with E-state index in [1.807, 2.05) is 56.3 Å². The lowest BCUT2D eigenvalue weighted by molar-refractivity contribution is -0.667. The zero-order chi connectivity index (χ0) is 34.3. The second kappa shape index (κ2) is 15.2. The number of aromatic nitrogens is 1. The number of esters is 2. The minimum atomic E-state index is -0.310. The standard InChI is InChI=1S/C43H43N2O4/c1-5-44-26-24-30(37-28-35(20-22-39(37)44)42(46)48-7-3)14-16-33-18-19-34(41(33)32-12-10-9-11-13-32)17-15-31-25-27-45(6-2)40-23-21-36(29-38(31)40)43(47)49-8-4/h9-17,20-29H,5-8,18-19H2,1-4H3/q+1. The van der Waals surface area contributed by atoms with Crippen LogP contribution < -0.4 is 9.47 Å². The SMILES string of the molecule is CCOC(=O)c1ccc2c(c1)/C(=C/C=C1\CCC(/C=C/c3cc[n+](CC)c4ccc(C(=O)OCC)cc34)=C1c1ccccc1)C=CN2CC. The molecule has 49 heavy (non-hydrogen) atoms. The van der Waals surface area contributed by atoms with Crippen LogP contribution in [0, 0.1) is 0 Å². The molecule has 1 aromatic heterocycles. The predicted molar refractivity (Wildman–Crippen MR) is 198 cm³/mol. The molecule has 2 heterocycles. The van der Waals surface area contributed by atoms with Crippen LogP contribution in [0.1, 0.15) is 77.9 Å². The molecule has 6 rings (SSSR count). The van der Waals surface area contributed by atoms with Gasteiger partial charge in [0.1, 0.15) is 6.54 Å². The number of rotatable bonds is 10. The van der Waals surface area contributed by atoms with Crippen LogP contribution in [0.3, 0.4) is 0 Å². The largest absolute Gasteiger partial charge is 0.462 e. The van der Waals surface area contributed by atoms with Crippen molar-refractivity contribution in [2.45, 2.75) is 47.1 Å². The number of pyridine rings is 1. The molecule has 0 unspecified atom stereocenters. The fourth-order valence-corrected chi connectivity index (χ4v) is 6.66. The van der Waals surface area contributed by atoms with Gasteiger partial charge in [0.25, 0.3) is 0 Å². The molecule has 0 saturated heterocycles. The highest BCUT2D eigenvalue weighted by Crippen LogP contribution is 2.41. The fourth-order valence-electron chi connectivity index (χ4n) is 6.66. The Balaban J connectivity index is 1.41. The molecule has 1 aliphatic heterocycles. The summed E-state index contributed by atoms with van der Waals surface area (Å²) < 4.78 is 12.8. The number of fused-ring (bicyclic) bond motifs is 2. The molecule has 3 aromatic carbocycles. The van der Waals surface area contributed by atoms with Gasteiger partial charge in [-0.1, -0.05) is 54.6 Å². The zero-order valence-corrected chi connectivity index (χ0v) is 28.7. The lowest BCUT2D eigenvalue weighted by Gasteiger charge is -2.27. The Morgan fingerprint density at radius 1 is 0.816 bits per heavy atom. The lowest BCUT2D eigenvalue weighted by atomic mass is 9.94. The van der Waals surface area contributed by atoms with Crippen molar-refractivity contribution >= 4 is 45.8 Å². The van der Waals surface area contributed by atoms with Crippen LogP contribution in [0.2, 0.25) is 0 Å². The average Bonchev–Trinajstić information content (AvgIpc) is 3.55. The number of hydrogen-bond acceptors (Lipinski definition) is 5. The number of carbonyl (C=O) groups excluding carboxylic acids is 2. The average molecular weight is 652 g/mol. The van der Waals surface area contributed by atoms with Gasteiger partial charge in [0.05, 0.1) is 29.7 Å². The van der Waals surface area contributed by atoms with Gasteiger partial charge >= 0.3 is 11.9 Å². The van der Waals surface area contributed by atoms with Crippen molar-refractivity contribution in [3.8, 4) is 0 Å². The Kier molecular flexibility index (Phi) is 10.3. The molecule has 0 saturated carbocycles. The highest BCUT2D eigenvalue weighted by atomic mass is 16.5. The molecule has 0 fully saturated rings. The van der Waals surface area contributed by atoms with Crippen molar-refractivity contribution in [1.29, 1.82) is 0 Å². The first-order chi connectivity index (χ1) is 23.9. The summed E-state index contributed by atoms with van der Waals surface area (Å²) in [6.07, 6.45) is 17.0. The van der Waals surface area contributed by atoms with Gasteiger partial charge in [-0.25, -0.2) is 9.59 Å². The number of ether oxygens (including phenoxy) is 2.